The van der Waals surface area contributed by atoms with Gasteiger partial charge in [0.25, 0.3) is 0 Å². The first-order chi connectivity index (χ1) is 11.5. The average molecular weight is 348 g/mol. The number of hydrogen-bond donors (Lipinski definition) is 1. The van der Waals surface area contributed by atoms with Crippen LogP contribution in [0, 0.1) is 0 Å². The number of urea groups is 1. The Kier molecular flexibility index (Phi) is 3.75. The maximum Gasteiger partial charge on any atom is 0.322 e. The minimum atomic E-state index is -3.00. The van der Waals surface area contributed by atoms with Gasteiger partial charge >= 0.3 is 6.03 Å². The summed E-state index contributed by atoms with van der Waals surface area (Å²) in [5.41, 5.74) is 2.64. The SMILES string of the molecule is O=C(Nc1cccc2c3c(oc12)CCCC3)N1CCS(=O)(=O)CC1. The van der Waals surface area contributed by atoms with Crippen LogP contribution in [0.4, 0.5) is 10.5 Å². The highest BCUT2D eigenvalue weighted by atomic mass is 32.2. The molecule has 0 bridgehead atoms. The number of hydrogen-bond acceptors (Lipinski definition) is 4. The van der Waals surface area contributed by atoms with E-state index >= 15 is 0 Å². The van der Waals surface area contributed by atoms with Crippen molar-refractivity contribution in [3.8, 4) is 0 Å². The molecule has 2 aliphatic rings. The molecule has 2 aromatic rings. The van der Waals surface area contributed by atoms with Crippen LogP contribution in [0.2, 0.25) is 0 Å². The van der Waals surface area contributed by atoms with Crippen molar-refractivity contribution in [3.05, 3.63) is 29.5 Å². The number of furan rings is 1. The number of amides is 2. The molecule has 0 spiro atoms. The van der Waals surface area contributed by atoms with Crippen molar-refractivity contribution < 1.29 is 17.6 Å². The van der Waals surface area contributed by atoms with E-state index in [-0.39, 0.29) is 30.6 Å². The van der Waals surface area contributed by atoms with Gasteiger partial charge in [-0.1, -0.05) is 12.1 Å². The number of nitrogens with one attached hydrogen (secondary N) is 1. The van der Waals surface area contributed by atoms with Crippen molar-refractivity contribution in [2.24, 2.45) is 0 Å². The van der Waals surface area contributed by atoms with E-state index in [1.54, 1.807) is 4.90 Å². The number of fused-ring (bicyclic) bond motifs is 3. The third-order valence-electron chi connectivity index (χ3n) is 4.86. The third-order valence-corrected chi connectivity index (χ3v) is 6.47. The number of carbonyl (C=O) groups excluding carboxylic acids is 1. The minimum Gasteiger partial charge on any atom is -0.459 e. The number of carbonyl (C=O) groups is 1. The van der Waals surface area contributed by atoms with E-state index in [0.29, 0.717) is 5.69 Å². The minimum absolute atomic E-state index is 0.0274. The normalized spacial score (nSPS) is 19.9. The summed E-state index contributed by atoms with van der Waals surface area (Å²) in [6.45, 7) is 0.470. The summed E-state index contributed by atoms with van der Waals surface area (Å²) < 4.78 is 29.0. The number of anilines is 1. The Morgan fingerprint density at radius 2 is 1.88 bits per heavy atom. The van der Waals surface area contributed by atoms with Gasteiger partial charge in [0, 0.05) is 30.5 Å². The van der Waals surface area contributed by atoms with Gasteiger partial charge in [0.05, 0.1) is 17.2 Å². The Bertz CT molecular complexity index is 887. The van der Waals surface area contributed by atoms with E-state index in [0.717, 1.165) is 36.0 Å². The number of para-hydroxylation sites is 1. The highest BCUT2D eigenvalue weighted by Gasteiger charge is 2.26. The molecule has 1 aromatic carbocycles. The van der Waals surface area contributed by atoms with Crippen molar-refractivity contribution >= 4 is 32.5 Å². The highest BCUT2D eigenvalue weighted by molar-refractivity contribution is 7.91. The summed E-state index contributed by atoms with van der Waals surface area (Å²) in [6, 6.07) is 5.51. The molecule has 1 fully saturated rings. The Morgan fingerprint density at radius 1 is 1.12 bits per heavy atom. The molecular formula is C17H20N2O4S. The maximum atomic E-state index is 12.4. The Hall–Kier alpha value is -2.02. The molecule has 1 aliphatic carbocycles. The third kappa shape index (κ3) is 2.77. The standard InChI is InChI=1S/C17H20N2O4S/c20-17(19-8-10-24(21,22)11-9-19)18-14-6-3-5-13-12-4-1-2-7-15(12)23-16(13)14/h3,5-6H,1-2,4,7-11H2,(H,18,20). The molecule has 1 saturated heterocycles. The summed E-state index contributed by atoms with van der Waals surface area (Å²) in [7, 11) is -3.00. The van der Waals surface area contributed by atoms with Gasteiger partial charge in [-0.05, 0) is 25.3 Å². The van der Waals surface area contributed by atoms with E-state index in [2.05, 4.69) is 5.32 Å². The number of rotatable bonds is 1. The van der Waals surface area contributed by atoms with E-state index in [1.807, 2.05) is 18.2 Å². The second-order valence-corrected chi connectivity index (χ2v) is 8.77. The molecule has 2 amide bonds. The van der Waals surface area contributed by atoms with E-state index in [9.17, 15) is 13.2 Å². The van der Waals surface area contributed by atoms with Crippen LogP contribution in [0.15, 0.2) is 22.6 Å². The van der Waals surface area contributed by atoms with Gasteiger partial charge in [-0.3, -0.25) is 0 Å². The number of nitrogens with zero attached hydrogens (tertiary/aromatic N) is 1. The zero-order valence-electron chi connectivity index (χ0n) is 13.4. The molecule has 0 radical (unpaired) electrons. The van der Waals surface area contributed by atoms with Crippen LogP contribution >= 0.6 is 0 Å². The van der Waals surface area contributed by atoms with Crippen LogP contribution in [0.3, 0.4) is 0 Å². The Balaban J connectivity index is 1.58. The van der Waals surface area contributed by atoms with Crippen molar-refractivity contribution in [1.29, 1.82) is 0 Å². The molecule has 1 N–H and O–H groups in total. The molecule has 1 aromatic heterocycles. The predicted molar refractivity (Wildman–Crippen MR) is 92.1 cm³/mol. The first kappa shape index (κ1) is 15.5. The van der Waals surface area contributed by atoms with Crippen LogP contribution in [0.5, 0.6) is 0 Å². The summed E-state index contributed by atoms with van der Waals surface area (Å²) in [5, 5.41) is 3.96. The largest absolute Gasteiger partial charge is 0.459 e. The van der Waals surface area contributed by atoms with Crippen molar-refractivity contribution in [3.63, 3.8) is 0 Å². The van der Waals surface area contributed by atoms with Gasteiger partial charge in [-0.15, -0.1) is 0 Å². The molecule has 7 heteroatoms. The second-order valence-electron chi connectivity index (χ2n) is 6.46. The molecular weight excluding hydrogens is 328 g/mol. The number of aryl methyl sites for hydroxylation is 2. The lowest BCUT2D eigenvalue weighted by Gasteiger charge is -2.26. The van der Waals surface area contributed by atoms with Gasteiger partial charge in [0.1, 0.15) is 5.76 Å². The van der Waals surface area contributed by atoms with E-state index in [1.165, 1.54) is 12.0 Å². The highest BCUT2D eigenvalue weighted by Crippen LogP contribution is 2.35. The molecule has 6 nitrogen and oxygen atoms in total. The van der Waals surface area contributed by atoms with Gasteiger partial charge in [0.15, 0.2) is 15.4 Å². The zero-order chi connectivity index (χ0) is 16.7. The Morgan fingerprint density at radius 3 is 2.67 bits per heavy atom. The average Bonchev–Trinajstić information content (AvgIpc) is 2.94. The quantitative estimate of drug-likeness (QED) is 0.859. The van der Waals surface area contributed by atoms with Crippen molar-refractivity contribution in [2.75, 3.05) is 29.9 Å². The topological polar surface area (TPSA) is 79.6 Å². The first-order valence-electron chi connectivity index (χ1n) is 8.33. The second kappa shape index (κ2) is 5.81. The lowest BCUT2D eigenvalue weighted by Crippen LogP contribution is -2.45. The number of benzene rings is 1. The summed E-state index contributed by atoms with van der Waals surface area (Å²) >= 11 is 0. The van der Waals surface area contributed by atoms with Crippen LogP contribution < -0.4 is 5.32 Å². The van der Waals surface area contributed by atoms with Crippen LogP contribution in [-0.4, -0.2) is 43.9 Å². The fraction of sp³-hybridized carbons (Fsp3) is 0.471. The van der Waals surface area contributed by atoms with Gasteiger partial charge < -0.3 is 14.6 Å². The van der Waals surface area contributed by atoms with Gasteiger partial charge in [-0.2, -0.15) is 0 Å². The Labute approximate surface area is 140 Å². The van der Waals surface area contributed by atoms with Crippen LogP contribution in [0.1, 0.15) is 24.2 Å². The van der Waals surface area contributed by atoms with Crippen molar-refractivity contribution in [2.45, 2.75) is 25.7 Å². The molecule has 24 heavy (non-hydrogen) atoms. The monoisotopic (exact) mass is 348 g/mol. The van der Waals surface area contributed by atoms with Crippen molar-refractivity contribution in [1.82, 2.24) is 4.90 Å². The van der Waals surface area contributed by atoms with Gasteiger partial charge in [-0.25, -0.2) is 13.2 Å². The molecule has 2 heterocycles. The predicted octanol–water partition coefficient (Wildman–Crippen LogP) is 2.57. The molecule has 0 atom stereocenters. The lowest BCUT2D eigenvalue weighted by molar-refractivity contribution is 0.216. The molecule has 128 valence electrons. The lowest BCUT2D eigenvalue weighted by atomic mass is 9.96. The zero-order valence-corrected chi connectivity index (χ0v) is 14.2. The molecule has 4 rings (SSSR count). The molecule has 0 saturated carbocycles. The van der Waals surface area contributed by atoms with Crippen LogP contribution in [0.25, 0.3) is 11.0 Å². The maximum absolute atomic E-state index is 12.4. The molecule has 0 unspecified atom stereocenters. The van der Waals surface area contributed by atoms with Crippen LogP contribution in [-0.2, 0) is 22.7 Å². The summed E-state index contributed by atoms with van der Waals surface area (Å²) in [6.07, 6.45) is 4.27. The fourth-order valence-corrected chi connectivity index (χ4v) is 4.69. The van der Waals surface area contributed by atoms with E-state index in [4.69, 9.17) is 4.42 Å². The molecule has 1 aliphatic heterocycles. The number of sulfone groups is 1. The smallest absolute Gasteiger partial charge is 0.322 e. The van der Waals surface area contributed by atoms with Gasteiger partial charge in [0.2, 0.25) is 0 Å². The first-order valence-corrected chi connectivity index (χ1v) is 10.2. The summed E-state index contributed by atoms with van der Waals surface area (Å²) in [5.74, 6) is 1.08. The van der Waals surface area contributed by atoms with E-state index < -0.39 is 9.84 Å². The fourth-order valence-electron chi connectivity index (χ4n) is 3.49. The summed E-state index contributed by atoms with van der Waals surface area (Å²) in [4.78, 5) is 14.0.